The number of hydrogen-bond donors (Lipinski definition) is 0. The monoisotopic (exact) mass is 504 g/mol. The zero-order valence-corrected chi connectivity index (χ0v) is 20.5. The van der Waals surface area contributed by atoms with Crippen molar-refractivity contribution < 1.29 is 31.8 Å². The van der Waals surface area contributed by atoms with Crippen LogP contribution in [0.25, 0.3) is 0 Å². The van der Waals surface area contributed by atoms with Crippen molar-refractivity contribution in [1.29, 1.82) is 0 Å². The fraction of sp³-hybridized carbons (Fsp3) is 0.483. The lowest BCUT2D eigenvalue weighted by Crippen LogP contribution is -2.26. The molecule has 0 aliphatic heterocycles. The molecule has 4 rings (SSSR count). The topological polar surface area (TPSA) is 35.5 Å². The quantitative estimate of drug-likeness (QED) is 0.166. The van der Waals surface area contributed by atoms with E-state index in [1.54, 1.807) is 12.1 Å². The van der Waals surface area contributed by atoms with E-state index in [1.807, 2.05) is 0 Å². The highest BCUT2D eigenvalue weighted by molar-refractivity contribution is 5.75. The van der Waals surface area contributed by atoms with Gasteiger partial charge in [-0.3, -0.25) is 4.79 Å². The summed E-state index contributed by atoms with van der Waals surface area (Å²) in [6.45, 7) is 5.64. The van der Waals surface area contributed by atoms with Gasteiger partial charge < -0.3 is 9.47 Å². The smallest absolute Gasteiger partial charge is 0.314 e. The third kappa shape index (κ3) is 5.60. The van der Waals surface area contributed by atoms with E-state index >= 15 is 4.39 Å². The Morgan fingerprint density at radius 1 is 0.806 bits per heavy atom. The highest BCUT2D eigenvalue weighted by Crippen LogP contribution is 2.41. The molecule has 2 aromatic carbocycles. The van der Waals surface area contributed by atoms with Crippen molar-refractivity contribution in [3.8, 4) is 11.5 Å². The molecule has 3 nitrogen and oxygen atoms in total. The number of hydrogen-bond acceptors (Lipinski definition) is 3. The second kappa shape index (κ2) is 11.5. The van der Waals surface area contributed by atoms with Crippen LogP contribution in [0, 0.1) is 35.1 Å². The van der Waals surface area contributed by atoms with E-state index in [0.29, 0.717) is 42.7 Å². The molecule has 0 atom stereocenters. The highest BCUT2D eigenvalue weighted by atomic mass is 19.2. The predicted molar refractivity (Wildman–Crippen MR) is 129 cm³/mol. The maximum Gasteiger partial charge on any atom is 0.314 e. The first-order chi connectivity index (χ1) is 17.3. The molecule has 2 saturated carbocycles. The van der Waals surface area contributed by atoms with Gasteiger partial charge in [-0.25, -0.2) is 8.78 Å². The summed E-state index contributed by atoms with van der Waals surface area (Å²) >= 11 is 0. The van der Waals surface area contributed by atoms with Crippen molar-refractivity contribution in [1.82, 2.24) is 0 Å². The molecule has 36 heavy (non-hydrogen) atoms. The van der Waals surface area contributed by atoms with Gasteiger partial charge in [0, 0.05) is 0 Å². The van der Waals surface area contributed by atoms with Crippen molar-refractivity contribution in [3.63, 3.8) is 0 Å². The van der Waals surface area contributed by atoms with E-state index in [0.717, 1.165) is 31.7 Å². The summed E-state index contributed by atoms with van der Waals surface area (Å²) in [6, 6.07) is 5.76. The van der Waals surface area contributed by atoms with Crippen molar-refractivity contribution >= 4 is 5.97 Å². The zero-order chi connectivity index (χ0) is 25.8. The summed E-state index contributed by atoms with van der Waals surface area (Å²) < 4.78 is 68.7. The standard InChI is InChI=1S/C29H32F4O3/c1-3-16-35-23-14-15-24(28(33)27(23)32)36-29(34)20-10-8-19(9-11-20)22-13-12-21(25(30)26(22)31)18-6-4-17(2)5-7-18/h3,12-15,17-20H,1,4-11,16H2,2H3. The molecule has 7 heteroatoms. The Balaban J connectivity index is 1.37. The van der Waals surface area contributed by atoms with Gasteiger partial charge in [0.25, 0.3) is 0 Å². The number of rotatable bonds is 7. The van der Waals surface area contributed by atoms with E-state index in [1.165, 1.54) is 12.1 Å². The van der Waals surface area contributed by atoms with Gasteiger partial charge in [0.2, 0.25) is 11.6 Å². The molecule has 0 N–H and O–H groups in total. The van der Waals surface area contributed by atoms with Crippen molar-refractivity contribution in [3.05, 3.63) is 71.3 Å². The maximum absolute atomic E-state index is 15.1. The first-order valence-electron chi connectivity index (χ1n) is 12.7. The number of ether oxygens (including phenoxy) is 2. The third-order valence-corrected chi connectivity index (χ3v) is 7.68. The molecule has 0 amide bonds. The van der Waals surface area contributed by atoms with Gasteiger partial charge in [0.15, 0.2) is 23.1 Å². The maximum atomic E-state index is 15.1. The molecule has 2 aromatic rings. The van der Waals surface area contributed by atoms with Crippen LogP contribution in [0.15, 0.2) is 36.9 Å². The first-order valence-corrected chi connectivity index (χ1v) is 12.7. The number of halogens is 4. The first kappa shape index (κ1) is 26.2. The van der Waals surface area contributed by atoms with E-state index < -0.39 is 40.9 Å². The van der Waals surface area contributed by atoms with E-state index in [-0.39, 0.29) is 24.2 Å². The predicted octanol–water partition coefficient (Wildman–Crippen LogP) is 7.98. The van der Waals surface area contributed by atoms with Crippen molar-refractivity contribution in [2.24, 2.45) is 11.8 Å². The minimum absolute atomic E-state index is 0.00577. The van der Waals surface area contributed by atoms with Crippen LogP contribution in [-0.2, 0) is 4.79 Å². The van der Waals surface area contributed by atoms with Gasteiger partial charge in [0.1, 0.15) is 6.61 Å². The Morgan fingerprint density at radius 3 is 1.86 bits per heavy atom. The molecular weight excluding hydrogens is 472 g/mol. The zero-order valence-electron chi connectivity index (χ0n) is 20.5. The van der Waals surface area contributed by atoms with Crippen molar-refractivity contribution in [2.45, 2.75) is 70.1 Å². The fourth-order valence-electron chi connectivity index (χ4n) is 5.47. The number of benzene rings is 2. The largest absolute Gasteiger partial charge is 0.486 e. The Hall–Kier alpha value is -2.83. The van der Waals surface area contributed by atoms with E-state index in [9.17, 15) is 18.0 Å². The Labute approximate surface area is 209 Å². The summed E-state index contributed by atoms with van der Waals surface area (Å²) in [5.74, 6) is -5.60. The molecule has 194 valence electrons. The molecule has 2 aliphatic carbocycles. The van der Waals surface area contributed by atoms with Crippen LogP contribution >= 0.6 is 0 Å². The van der Waals surface area contributed by atoms with Gasteiger partial charge in [-0.15, -0.1) is 0 Å². The lowest BCUT2D eigenvalue weighted by atomic mass is 9.76. The van der Waals surface area contributed by atoms with Crippen LogP contribution in [0.5, 0.6) is 11.5 Å². The molecule has 0 radical (unpaired) electrons. The molecule has 2 fully saturated rings. The Morgan fingerprint density at radius 2 is 1.31 bits per heavy atom. The molecule has 2 aliphatic rings. The van der Waals surface area contributed by atoms with Gasteiger partial charge >= 0.3 is 5.97 Å². The molecule has 0 spiro atoms. The normalized spacial score (nSPS) is 24.2. The Bertz CT molecular complexity index is 1100. The lowest BCUT2D eigenvalue weighted by molar-refractivity contribution is -0.140. The second-order valence-electron chi connectivity index (χ2n) is 10.1. The molecular formula is C29H32F4O3. The highest BCUT2D eigenvalue weighted by Gasteiger charge is 2.32. The molecule has 0 bridgehead atoms. The SMILES string of the molecule is C=CCOc1ccc(OC(=O)C2CCC(c3ccc(C4CCC(C)CC4)c(F)c3F)CC2)c(F)c1F. The van der Waals surface area contributed by atoms with E-state index in [2.05, 4.69) is 13.5 Å². The van der Waals surface area contributed by atoms with Gasteiger partial charge in [0.05, 0.1) is 5.92 Å². The minimum Gasteiger partial charge on any atom is -0.486 e. The van der Waals surface area contributed by atoms with Gasteiger partial charge in [-0.2, -0.15) is 8.78 Å². The average Bonchev–Trinajstić information content (AvgIpc) is 2.89. The van der Waals surface area contributed by atoms with Crippen LogP contribution in [0.1, 0.15) is 81.3 Å². The van der Waals surface area contributed by atoms with Gasteiger partial charge in [-0.05, 0) is 79.5 Å². The molecule has 0 heterocycles. The summed E-state index contributed by atoms with van der Waals surface area (Å²) in [5, 5.41) is 0. The van der Waals surface area contributed by atoms with Crippen LogP contribution in [-0.4, -0.2) is 12.6 Å². The van der Waals surface area contributed by atoms with Crippen molar-refractivity contribution in [2.75, 3.05) is 6.61 Å². The number of carbonyl (C=O) groups excluding carboxylic acids is 1. The summed E-state index contributed by atoms with van der Waals surface area (Å²) in [6.07, 6.45) is 6.92. The van der Waals surface area contributed by atoms with Crippen LogP contribution in [0.4, 0.5) is 17.6 Å². The molecule has 0 unspecified atom stereocenters. The minimum atomic E-state index is -1.30. The second-order valence-corrected chi connectivity index (χ2v) is 10.1. The van der Waals surface area contributed by atoms with Crippen LogP contribution in [0.2, 0.25) is 0 Å². The molecule has 0 aromatic heterocycles. The summed E-state index contributed by atoms with van der Waals surface area (Å²) in [5.41, 5.74) is 0.811. The van der Waals surface area contributed by atoms with E-state index in [4.69, 9.17) is 9.47 Å². The summed E-state index contributed by atoms with van der Waals surface area (Å²) in [4.78, 5) is 12.6. The fourth-order valence-corrected chi connectivity index (χ4v) is 5.47. The Kier molecular flexibility index (Phi) is 8.37. The average molecular weight is 505 g/mol. The lowest BCUT2D eigenvalue weighted by Gasteiger charge is -2.29. The third-order valence-electron chi connectivity index (χ3n) is 7.68. The summed E-state index contributed by atoms with van der Waals surface area (Å²) in [7, 11) is 0. The molecule has 0 saturated heterocycles. The number of carbonyl (C=O) groups is 1. The van der Waals surface area contributed by atoms with Crippen LogP contribution in [0.3, 0.4) is 0 Å². The van der Waals surface area contributed by atoms with Gasteiger partial charge in [-0.1, -0.05) is 44.6 Å². The number of esters is 1. The van der Waals surface area contributed by atoms with Crippen LogP contribution < -0.4 is 9.47 Å².